The fourth-order valence-corrected chi connectivity index (χ4v) is 4.90. The molecule has 36 heavy (non-hydrogen) atoms. The number of rotatable bonds is 12. The van der Waals surface area contributed by atoms with E-state index in [4.69, 9.17) is 11.6 Å². The molecule has 3 rings (SSSR count). The van der Waals surface area contributed by atoms with E-state index < -0.39 is 6.04 Å². The van der Waals surface area contributed by atoms with Crippen molar-refractivity contribution in [2.75, 3.05) is 12.3 Å². The average molecular weight is 523 g/mol. The summed E-state index contributed by atoms with van der Waals surface area (Å²) in [4.78, 5) is 28.9. The van der Waals surface area contributed by atoms with Gasteiger partial charge in [-0.25, -0.2) is 0 Å². The Morgan fingerprint density at radius 2 is 1.61 bits per heavy atom. The lowest BCUT2D eigenvalue weighted by atomic mass is 10.0. The topological polar surface area (TPSA) is 49.4 Å². The normalized spacial score (nSPS) is 11.8. The van der Waals surface area contributed by atoms with E-state index in [9.17, 15) is 9.59 Å². The van der Waals surface area contributed by atoms with E-state index in [0.29, 0.717) is 36.2 Å². The van der Waals surface area contributed by atoms with Gasteiger partial charge in [0.1, 0.15) is 6.04 Å². The molecule has 0 fully saturated rings. The molecule has 4 nitrogen and oxygen atoms in total. The average Bonchev–Trinajstić information content (AvgIpc) is 2.86. The third-order valence-corrected chi connectivity index (χ3v) is 7.04. The van der Waals surface area contributed by atoms with Gasteiger partial charge in [-0.05, 0) is 41.7 Å². The van der Waals surface area contributed by atoms with Crippen molar-refractivity contribution in [1.82, 2.24) is 10.2 Å². The number of hydrogen-bond acceptors (Lipinski definition) is 3. The van der Waals surface area contributed by atoms with Crippen LogP contribution in [0.15, 0.2) is 78.9 Å². The molecular formula is C30H35ClN2O2S. The summed E-state index contributed by atoms with van der Waals surface area (Å²) in [6, 6.07) is 25.1. The SMILES string of the molecule is Cc1cccc(CN(C(=O)CSCc2ccc(Cl)cc2)[C@H](Cc2ccccc2)C(=O)NCC(C)C)c1. The summed E-state index contributed by atoms with van der Waals surface area (Å²) in [5.74, 6) is 1.15. The zero-order valence-corrected chi connectivity index (χ0v) is 22.8. The molecule has 3 aromatic carbocycles. The lowest BCUT2D eigenvalue weighted by molar-refractivity contribution is -0.139. The molecule has 0 bridgehead atoms. The maximum absolute atomic E-state index is 13.7. The molecule has 1 N–H and O–H groups in total. The number of hydrogen-bond donors (Lipinski definition) is 1. The number of amides is 2. The minimum atomic E-state index is -0.602. The van der Waals surface area contributed by atoms with Crippen LogP contribution in [0.1, 0.15) is 36.1 Å². The second-order valence-corrected chi connectivity index (χ2v) is 10.9. The van der Waals surface area contributed by atoms with E-state index in [2.05, 4.69) is 25.2 Å². The molecule has 0 radical (unpaired) electrons. The van der Waals surface area contributed by atoms with Crippen LogP contribution in [0.5, 0.6) is 0 Å². The van der Waals surface area contributed by atoms with E-state index in [1.165, 1.54) is 0 Å². The van der Waals surface area contributed by atoms with Crippen LogP contribution >= 0.6 is 23.4 Å². The molecular weight excluding hydrogens is 488 g/mol. The number of nitrogens with one attached hydrogen (secondary N) is 1. The Hall–Kier alpha value is -2.76. The second kappa shape index (κ2) is 14.1. The molecule has 0 saturated heterocycles. The largest absolute Gasteiger partial charge is 0.354 e. The van der Waals surface area contributed by atoms with Crippen LogP contribution in [-0.4, -0.2) is 35.1 Å². The number of thioether (sulfide) groups is 1. The zero-order valence-electron chi connectivity index (χ0n) is 21.2. The van der Waals surface area contributed by atoms with Gasteiger partial charge in [-0.1, -0.05) is 97.7 Å². The van der Waals surface area contributed by atoms with Crippen LogP contribution in [0.3, 0.4) is 0 Å². The van der Waals surface area contributed by atoms with Crippen molar-refractivity contribution in [2.45, 2.75) is 45.5 Å². The Labute approximate surface area is 224 Å². The quantitative estimate of drug-likeness (QED) is 0.304. The number of benzene rings is 3. The fraction of sp³-hybridized carbons (Fsp3) is 0.333. The Bertz CT molecular complexity index is 1120. The van der Waals surface area contributed by atoms with Gasteiger partial charge in [0.05, 0.1) is 5.75 Å². The van der Waals surface area contributed by atoms with Gasteiger partial charge in [0.2, 0.25) is 11.8 Å². The molecule has 0 aliphatic rings. The van der Waals surface area contributed by atoms with Gasteiger partial charge in [0.15, 0.2) is 0 Å². The van der Waals surface area contributed by atoms with E-state index in [-0.39, 0.29) is 17.6 Å². The summed E-state index contributed by atoms with van der Waals surface area (Å²) in [6.07, 6.45) is 0.462. The smallest absolute Gasteiger partial charge is 0.243 e. The van der Waals surface area contributed by atoms with Crippen LogP contribution in [-0.2, 0) is 28.3 Å². The molecule has 1 atom stereocenters. The van der Waals surface area contributed by atoms with Crippen molar-refractivity contribution < 1.29 is 9.59 Å². The van der Waals surface area contributed by atoms with Crippen LogP contribution in [0.4, 0.5) is 0 Å². The van der Waals surface area contributed by atoms with Crippen molar-refractivity contribution >= 4 is 35.2 Å². The number of halogens is 1. The number of nitrogens with zero attached hydrogens (tertiary/aromatic N) is 1. The van der Waals surface area contributed by atoms with Gasteiger partial charge in [0, 0.05) is 30.3 Å². The molecule has 2 amide bonds. The number of carbonyl (C=O) groups is 2. The molecule has 6 heteroatoms. The van der Waals surface area contributed by atoms with E-state index >= 15 is 0 Å². The molecule has 0 aliphatic carbocycles. The molecule has 0 unspecified atom stereocenters. The summed E-state index contributed by atoms with van der Waals surface area (Å²) in [5.41, 5.74) is 4.28. The highest BCUT2D eigenvalue weighted by atomic mass is 35.5. The maximum atomic E-state index is 13.7. The summed E-state index contributed by atoms with van der Waals surface area (Å²) in [5, 5.41) is 3.76. The summed E-state index contributed by atoms with van der Waals surface area (Å²) in [6.45, 7) is 7.12. The standard InChI is InChI=1S/C30H35ClN2O2S/c1-22(2)18-32-30(35)28(17-24-9-5-4-6-10-24)33(19-26-11-7-8-23(3)16-26)29(34)21-36-20-25-12-14-27(31)15-13-25/h4-16,22,28H,17-21H2,1-3H3,(H,32,35)/t28-/m1/s1. The first-order chi connectivity index (χ1) is 17.3. The van der Waals surface area contributed by atoms with Crippen LogP contribution in [0.25, 0.3) is 0 Å². The molecule has 190 valence electrons. The first-order valence-corrected chi connectivity index (χ1v) is 13.8. The lowest BCUT2D eigenvalue weighted by Crippen LogP contribution is -2.51. The molecule has 0 saturated carbocycles. The van der Waals surface area contributed by atoms with Gasteiger partial charge in [-0.2, -0.15) is 0 Å². The first-order valence-electron chi connectivity index (χ1n) is 12.3. The molecule has 0 heterocycles. The molecule has 0 aliphatic heterocycles. The van der Waals surface area contributed by atoms with Gasteiger partial charge in [-0.3, -0.25) is 9.59 Å². The summed E-state index contributed by atoms with van der Waals surface area (Å²) >= 11 is 7.55. The van der Waals surface area contributed by atoms with Gasteiger partial charge in [0.25, 0.3) is 0 Å². The minimum absolute atomic E-state index is 0.0453. The van der Waals surface area contributed by atoms with Gasteiger partial charge >= 0.3 is 0 Å². The van der Waals surface area contributed by atoms with Crippen LogP contribution < -0.4 is 5.32 Å². The third kappa shape index (κ3) is 9.03. The fourth-order valence-electron chi connectivity index (χ4n) is 3.90. The summed E-state index contributed by atoms with van der Waals surface area (Å²) in [7, 11) is 0. The summed E-state index contributed by atoms with van der Waals surface area (Å²) < 4.78 is 0. The van der Waals surface area contributed by atoms with Crippen molar-refractivity contribution in [2.24, 2.45) is 5.92 Å². The van der Waals surface area contributed by atoms with Gasteiger partial charge in [-0.15, -0.1) is 11.8 Å². The van der Waals surface area contributed by atoms with E-state index in [0.717, 1.165) is 22.3 Å². The van der Waals surface area contributed by atoms with Crippen molar-refractivity contribution in [3.8, 4) is 0 Å². The van der Waals surface area contributed by atoms with Crippen LogP contribution in [0.2, 0.25) is 5.02 Å². The predicted octanol–water partition coefficient (Wildman–Crippen LogP) is 6.29. The first kappa shape index (κ1) is 27.8. The Morgan fingerprint density at radius 1 is 0.917 bits per heavy atom. The van der Waals surface area contributed by atoms with Crippen molar-refractivity contribution in [3.63, 3.8) is 0 Å². The van der Waals surface area contributed by atoms with E-state index in [1.807, 2.05) is 79.7 Å². The third-order valence-electron chi connectivity index (χ3n) is 5.80. The highest BCUT2D eigenvalue weighted by Crippen LogP contribution is 2.20. The molecule has 3 aromatic rings. The molecule has 0 spiro atoms. The van der Waals surface area contributed by atoms with Crippen LogP contribution in [0, 0.1) is 12.8 Å². The lowest BCUT2D eigenvalue weighted by Gasteiger charge is -2.32. The van der Waals surface area contributed by atoms with Gasteiger partial charge < -0.3 is 10.2 Å². The van der Waals surface area contributed by atoms with Crippen molar-refractivity contribution in [3.05, 3.63) is 106 Å². The van der Waals surface area contributed by atoms with Crippen molar-refractivity contribution in [1.29, 1.82) is 0 Å². The minimum Gasteiger partial charge on any atom is -0.354 e. The zero-order chi connectivity index (χ0) is 25.9. The maximum Gasteiger partial charge on any atom is 0.243 e. The monoisotopic (exact) mass is 522 g/mol. The Balaban J connectivity index is 1.83. The Morgan fingerprint density at radius 3 is 2.28 bits per heavy atom. The van der Waals surface area contributed by atoms with E-state index in [1.54, 1.807) is 16.7 Å². The highest BCUT2D eigenvalue weighted by molar-refractivity contribution is 7.99. The second-order valence-electron chi connectivity index (χ2n) is 9.47. The number of carbonyl (C=O) groups excluding carboxylic acids is 2. The Kier molecular flexibility index (Phi) is 10.9. The highest BCUT2D eigenvalue weighted by Gasteiger charge is 2.30. The predicted molar refractivity (Wildman–Crippen MR) is 151 cm³/mol. The molecule has 0 aromatic heterocycles. The number of aryl methyl sites for hydroxylation is 1.